The summed E-state index contributed by atoms with van der Waals surface area (Å²) in [7, 11) is 2.11. The van der Waals surface area contributed by atoms with E-state index in [1.54, 1.807) is 18.5 Å². The highest BCUT2D eigenvalue weighted by Gasteiger charge is 2.16. The van der Waals surface area contributed by atoms with Gasteiger partial charge in [-0.25, -0.2) is 4.39 Å². The Labute approximate surface area is 129 Å². The molecule has 1 saturated heterocycles. The lowest BCUT2D eigenvalue weighted by atomic mass is 10.2. The summed E-state index contributed by atoms with van der Waals surface area (Å²) in [5, 5.41) is 0. The second kappa shape index (κ2) is 6.70. The van der Waals surface area contributed by atoms with Crippen LogP contribution in [0.15, 0.2) is 36.7 Å². The zero-order valence-corrected chi connectivity index (χ0v) is 12.6. The van der Waals surface area contributed by atoms with Crippen LogP contribution >= 0.6 is 0 Å². The van der Waals surface area contributed by atoms with Crippen molar-refractivity contribution in [3.05, 3.63) is 48.0 Å². The summed E-state index contributed by atoms with van der Waals surface area (Å²) in [4.78, 5) is 13.2. The van der Waals surface area contributed by atoms with E-state index in [0.717, 1.165) is 37.6 Å². The summed E-state index contributed by atoms with van der Waals surface area (Å²) in [6, 6.07) is 6.36. The van der Waals surface area contributed by atoms with Crippen molar-refractivity contribution in [1.82, 2.24) is 14.9 Å². The van der Waals surface area contributed by atoms with Crippen LogP contribution in [-0.2, 0) is 6.61 Å². The summed E-state index contributed by atoms with van der Waals surface area (Å²) in [5.41, 5.74) is 0.770. The Hall–Kier alpha value is -2.21. The molecule has 2 heterocycles. The number of hydrogen-bond donors (Lipinski definition) is 0. The van der Waals surface area contributed by atoms with E-state index >= 15 is 0 Å². The van der Waals surface area contributed by atoms with Crippen LogP contribution in [0.2, 0.25) is 0 Å². The van der Waals surface area contributed by atoms with Gasteiger partial charge in [0.15, 0.2) is 5.82 Å². The number of aromatic nitrogens is 2. The predicted octanol–water partition coefficient (Wildman–Crippen LogP) is 1.95. The standard InChI is InChI=1S/C16H19FN4O/c1-20-5-7-21(8-6-20)15-10-18-11-16(19-15)22-12-13-3-2-4-14(17)9-13/h2-4,9-11H,5-8,12H2,1H3. The molecule has 0 unspecified atom stereocenters. The van der Waals surface area contributed by atoms with Gasteiger partial charge < -0.3 is 14.5 Å². The first-order chi connectivity index (χ1) is 10.7. The summed E-state index contributed by atoms with van der Waals surface area (Å²) < 4.78 is 18.8. The maximum atomic E-state index is 13.1. The molecule has 1 aromatic heterocycles. The molecule has 5 nitrogen and oxygen atoms in total. The summed E-state index contributed by atoms with van der Waals surface area (Å²) in [5.74, 6) is 1.02. The summed E-state index contributed by atoms with van der Waals surface area (Å²) in [6.07, 6.45) is 3.33. The Morgan fingerprint density at radius 2 is 2.00 bits per heavy atom. The second-order valence-corrected chi connectivity index (χ2v) is 5.42. The van der Waals surface area contributed by atoms with Gasteiger partial charge in [0.1, 0.15) is 12.4 Å². The fraction of sp³-hybridized carbons (Fsp3) is 0.375. The number of nitrogens with zero attached hydrogens (tertiary/aromatic N) is 4. The van der Waals surface area contributed by atoms with Crippen molar-refractivity contribution in [2.24, 2.45) is 0 Å². The molecule has 1 aliphatic rings. The van der Waals surface area contributed by atoms with Gasteiger partial charge in [-0.2, -0.15) is 4.98 Å². The number of benzene rings is 1. The van der Waals surface area contributed by atoms with E-state index in [-0.39, 0.29) is 12.4 Å². The average molecular weight is 302 g/mol. The monoisotopic (exact) mass is 302 g/mol. The SMILES string of the molecule is CN1CCN(c2cncc(OCc3cccc(F)c3)n2)CC1. The van der Waals surface area contributed by atoms with Crippen LogP contribution in [0.5, 0.6) is 5.88 Å². The van der Waals surface area contributed by atoms with Gasteiger partial charge in [0.2, 0.25) is 5.88 Å². The topological polar surface area (TPSA) is 41.5 Å². The molecule has 1 aliphatic heterocycles. The highest BCUT2D eigenvalue weighted by Crippen LogP contribution is 2.16. The van der Waals surface area contributed by atoms with Crippen LogP contribution in [0.1, 0.15) is 5.56 Å². The molecular formula is C16H19FN4O. The smallest absolute Gasteiger partial charge is 0.234 e. The maximum absolute atomic E-state index is 13.1. The third kappa shape index (κ3) is 3.71. The third-order valence-corrected chi connectivity index (χ3v) is 3.70. The van der Waals surface area contributed by atoms with E-state index in [2.05, 4.69) is 26.8 Å². The van der Waals surface area contributed by atoms with Crippen molar-refractivity contribution >= 4 is 5.82 Å². The fourth-order valence-corrected chi connectivity index (χ4v) is 2.38. The Kier molecular flexibility index (Phi) is 4.48. The minimum absolute atomic E-state index is 0.265. The van der Waals surface area contributed by atoms with Crippen molar-refractivity contribution in [3.63, 3.8) is 0 Å². The molecule has 6 heteroatoms. The normalized spacial score (nSPS) is 15.8. The molecule has 22 heavy (non-hydrogen) atoms. The molecule has 0 spiro atoms. The summed E-state index contributed by atoms with van der Waals surface area (Å²) in [6.45, 7) is 4.15. The van der Waals surface area contributed by atoms with Crippen LogP contribution in [0.25, 0.3) is 0 Å². The van der Waals surface area contributed by atoms with Gasteiger partial charge in [0.25, 0.3) is 0 Å². The van der Waals surface area contributed by atoms with Crippen molar-refractivity contribution in [2.75, 3.05) is 38.1 Å². The van der Waals surface area contributed by atoms with Crippen molar-refractivity contribution in [2.45, 2.75) is 6.61 Å². The molecule has 0 N–H and O–H groups in total. The number of hydrogen-bond acceptors (Lipinski definition) is 5. The zero-order chi connectivity index (χ0) is 15.4. The first-order valence-electron chi connectivity index (χ1n) is 7.33. The largest absolute Gasteiger partial charge is 0.472 e. The third-order valence-electron chi connectivity index (χ3n) is 3.70. The number of piperazine rings is 1. The van der Waals surface area contributed by atoms with E-state index in [9.17, 15) is 4.39 Å². The number of halogens is 1. The minimum Gasteiger partial charge on any atom is -0.472 e. The van der Waals surface area contributed by atoms with Crippen molar-refractivity contribution < 1.29 is 9.13 Å². The van der Waals surface area contributed by atoms with Gasteiger partial charge >= 0.3 is 0 Å². The number of rotatable bonds is 4. The van der Waals surface area contributed by atoms with Crippen LogP contribution in [0.3, 0.4) is 0 Å². The first-order valence-corrected chi connectivity index (χ1v) is 7.33. The van der Waals surface area contributed by atoms with Gasteiger partial charge in [0, 0.05) is 26.2 Å². The lowest BCUT2D eigenvalue weighted by molar-refractivity contribution is 0.289. The minimum atomic E-state index is -0.265. The summed E-state index contributed by atoms with van der Waals surface area (Å²) >= 11 is 0. The Bertz CT molecular complexity index is 629. The Balaban J connectivity index is 1.64. The van der Waals surface area contributed by atoms with E-state index < -0.39 is 0 Å². The van der Waals surface area contributed by atoms with Crippen LogP contribution < -0.4 is 9.64 Å². The number of likely N-dealkylation sites (N-methyl/N-ethyl adjacent to an activating group) is 1. The highest BCUT2D eigenvalue weighted by molar-refractivity contribution is 5.38. The molecule has 0 aliphatic carbocycles. The molecule has 2 aromatic rings. The highest BCUT2D eigenvalue weighted by atomic mass is 19.1. The molecule has 0 radical (unpaired) electrons. The molecule has 0 atom stereocenters. The zero-order valence-electron chi connectivity index (χ0n) is 12.6. The quantitative estimate of drug-likeness (QED) is 0.863. The van der Waals surface area contributed by atoms with E-state index in [4.69, 9.17) is 4.74 Å². The van der Waals surface area contributed by atoms with E-state index in [1.165, 1.54) is 12.1 Å². The van der Waals surface area contributed by atoms with Crippen molar-refractivity contribution in [3.8, 4) is 5.88 Å². The van der Waals surface area contributed by atoms with Gasteiger partial charge in [-0.1, -0.05) is 12.1 Å². The van der Waals surface area contributed by atoms with Crippen LogP contribution in [0.4, 0.5) is 10.2 Å². The molecule has 0 bridgehead atoms. The lowest BCUT2D eigenvalue weighted by Gasteiger charge is -2.32. The fourth-order valence-electron chi connectivity index (χ4n) is 2.38. The Morgan fingerprint density at radius 3 is 2.77 bits per heavy atom. The predicted molar refractivity (Wildman–Crippen MR) is 82.5 cm³/mol. The Morgan fingerprint density at radius 1 is 1.18 bits per heavy atom. The van der Waals surface area contributed by atoms with Gasteiger partial charge in [0.05, 0.1) is 12.4 Å². The second-order valence-electron chi connectivity index (χ2n) is 5.42. The molecular weight excluding hydrogens is 283 g/mol. The molecule has 1 fully saturated rings. The van der Waals surface area contributed by atoms with Crippen LogP contribution in [-0.4, -0.2) is 48.1 Å². The lowest BCUT2D eigenvalue weighted by Crippen LogP contribution is -2.44. The van der Waals surface area contributed by atoms with Crippen molar-refractivity contribution in [1.29, 1.82) is 0 Å². The first kappa shape index (κ1) is 14.7. The maximum Gasteiger partial charge on any atom is 0.234 e. The van der Waals surface area contributed by atoms with E-state index in [0.29, 0.717) is 5.88 Å². The van der Waals surface area contributed by atoms with Gasteiger partial charge in [-0.15, -0.1) is 0 Å². The number of ether oxygens (including phenoxy) is 1. The molecule has 3 rings (SSSR count). The van der Waals surface area contributed by atoms with E-state index in [1.807, 2.05) is 6.07 Å². The van der Waals surface area contributed by atoms with Gasteiger partial charge in [-0.3, -0.25) is 4.98 Å². The van der Waals surface area contributed by atoms with Gasteiger partial charge in [-0.05, 0) is 24.7 Å². The number of anilines is 1. The molecule has 116 valence electrons. The molecule has 0 amide bonds. The molecule has 1 aromatic carbocycles. The average Bonchev–Trinajstić information content (AvgIpc) is 2.54. The molecule has 0 saturated carbocycles. The van der Waals surface area contributed by atoms with Crippen LogP contribution in [0, 0.1) is 5.82 Å².